The van der Waals surface area contributed by atoms with Gasteiger partial charge >= 0.3 is 0 Å². The van der Waals surface area contributed by atoms with E-state index in [4.69, 9.17) is 20.8 Å². The summed E-state index contributed by atoms with van der Waals surface area (Å²) < 4.78 is 23.9. The molecule has 0 aliphatic carbocycles. The molecule has 1 aromatic heterocycles. The summed E-state index contributed by atoms with van der Waals surface area (Å²) in [6, 6.07) is 6.20. The fourth-order valence-corrected chi connectivity index (χ4v) is 1.90. The Labute approximate surface area is 122 Å². The average Bonchev–Trinajstić information content (AvgIpc) is 2.88. The molecule has 3 nitrogen and oxygen atoms in total. The number of halogens is 2. The lowest BCUT2D eigenvalue weighted by atomic mass is 10.3. The van der Waals surface area contributed by atoms with Crippen LogP contribution in [0.2, 0.25) is 5.02 Å². The van der Waals surface area contributed by atoms with Crippen molar-refractivity contribution in [3.63, 3.8) is 0 Å². The summed E-state index contributed by atoms with van der Waals surface area (Å²) in [5, 5.41) is 3.34. The first kappa shape index (κ1) is 14.9. The van der Waals surface area contributed by atoms with Crippen LogP contribution in [0.4, 0.5) is 4.39 Å². The van der Waals surface area contributed by atoms with Gasteiger partial charge < -0.3 is 14.5 Å². The van der Waals surface area contributed by atoms with Gasteiger partial charge in [-0.3, -0.25) is 0 Å². The summed E-state index contributed by atoms with van der Waals surface area (Å²) in [4.78, 5) is 0. The van der Waals surface area contributed by atoms with Gasteiger partial charge in [-0.05, 0) is 31.2 Å². The second-order valence-electron chi connectivity index (χ2n) is 4.46. The molecule has 0 aliphatic rings. The number of hydrogen-bond acceptors (Lipinski definition) is 3. The van der Waals surface area contributed by atoms with E-state index in [9.17, 15) is 4.39 Å². The molecule has 108 valence electrons. The quantitative estimate of drug-likeness (QED) is 0.780. The van der Waals surface area contributed by atoms with E-state index in [1.165, 1.54) is 18.2 Å². The van der Waals surface area contributed by atoms with Crippen molar-refractivity contribution < 1.29 is 13.5 Å². The lowest BCUT2D eigenvalue weighted by Gasteiger charge is -2.04. The van der Waals surface area contributed by atoms with Crippen molar-refractivity contribution >= 4 is 11.6 Å². The van der Waals surface area contributed by atoms with Crippen LogP contribution in [0.1, 0.15) is 24.7 Å². The summed E-state index contributed by atoms with van der Waals surface area (Å²) in [7, 11) is 0. The SMILES string of the molecule is CCCNCc1coc(COc2ccc(F)c(Cl)c2)c1. The molecule has 0 spiro atoms. The van der Waals surface area contributed by atoms with Crippen molar-refractivity contribution in [2.75, 3.05) is 6.54 Å². The van der Waals surface area contributed by atoms with Crippen LogP contribution in [-0.2, 0) is 13.2 Å². The van der Waals surface area contributed by atoms with Crippen molar-refractivity contribution in [2.45, 2.75) is 26.5 Å². The van der Waals surface area contributed by atoms with Gasteiger partial charge in [-0.15, -0.1) is 0 Å². The third-order valence-electron chi connectivity index (χ3n) is 2.74. The van der Waals surface area contributed by atoms with Crippen LogP contribution in [0, 0.1) is 5.82 Å². The molecule has 2 aromatic rings. The van der Waals surface area contributed by atoms with Crippen LogP contribution in [0.15, 0.2) is 34.9 Å². The Bertz CT molecular complexity index is 557. The van der Waals surface area contributed by atoms with E-state index in [1.54, 1.807) is 6.26 Å². The van der Waals surface area contributed by atoms with Gasteiger partial charge in [0, 0.05) is 18.2 Å². The standard InChI is InChI=1S/C15H17ClFNO2/c1-2-5-18-8-11-6-13(19-9-11)10-20-12-3-4-15(17)14(16)7-12/h3-4,6-7,9,18H,2,5,8,10H2,1H3. The van der Waals surface area contributed by atoms with Crippen LogP contribution in [-0.4, -0.2) is 6.54 Å². The second-order valence-corrected chi connectivity index (χ2v) is 4.87. The Morgan fingerprint density at radius 2 is 2.20 bits per heavy atom. The molecule has 0 aliphatic heterocycles. The van der Waals surface area contributed by atoms with Crippen LogP contribution >= 0.6 is 11.6 Å². The monoisotopic (exact) mass is 297 g/mol. The molecule has 1 aromatic carbocycles. The molecule has 0 saturated heterocycles. The maximum atomic E-state index is 13.0. The van der Waals surface area contributed by atoms with Gasteiger partial charge in [0.2, 0.25) is 0 Å². The summed E-state index contributed by atoms with van der Waals surface area (Å²) in [5.41, 5.74) is 1.08. The highest BCUT2D eigenvalue weighted by atomic mass is 35.5. The average molecular weight is 298 g/mol. The van der Waals surface area contributed by atoms with Crippen molar-refractivity contribution in [1.29, 1.82) is 0 Å². The molecule has 0 unspecified atom stereocenters. The Balaban J connectivity index is 1.85. The smallest absolute Gasteiger partial charge is 0.146 e. The number of hydrogen-bond donors (Lipinski definition) is 1. The van der Waals surface area contributed by atoms with E-state index < -0.39 is 5.82 Å². The van der Waals surface area contributed by atoms with Gasteiger partial charge in [0.05, 0.1) is 11.3 Å². The van der Waals surface area contributed by atoms with Crippen LogP contribution < -0.4 is 10.1 Å². The van der Waals surface area contributed by atoms with Gasteiger partial charge in [0.1, 0.15) is 23.9 Å². The molecule has 0 saturated carbocycles. The lowest BCUT2D eigenvalue weighted by Crippen LogP contribution is -2.13. The molecule has 5 heteroatoms. The number of furan rings is 1. The van der Waals surface area contributed by atoms with Gasteiger partial charge in [-0.1, -0.05) is 18.5 Å². The first-order valence-electron chi connectivity index (χ1n) is 6.54. The molecular formula is C15H17ClFNO2. The Morgan fingerprint density at radius 1 is 1.35 bits per heavy atom. The normalized spacial score (nSPS) is 10.8. The zero-order valence-corrected chi connectivity index (χ0v) is 12.0. The number of rotatable bonds is 7. The van der Waals surface area contributed by atoms with Crippen LogP contribution in [0.3, 0.4) is 0 Å². The summed E-state index contributed by atoms with van der Waals surface area (Å²) in [6.07, 6.45) is 2.80. The zero-order chi connectivity index (χ0) is 14.4. The third kappa shape index (κ3) is 4.25. The van der Waals surface area contributed by atoms with Gasteiger partial charge in [0.15, 0.2) is 0 Å². The summed E-state index contributed by atoms with van der Waals surface area (Å²) in [6.45, 7) is 4.16. The minimum Gasteiger partial charge on any atom is -0.486 e. The number of nitrogens with one attached hydrogen (secondary N) is 1. The largest absolute Gasteiger partial charge is 0.486 e. The minimum atomic E-state index is -0.457. The molecule has 20 heavy (non-hydrogen) atoms. The van der Waals surface area contributed by atoms with E-state index >= 15 is 0 Å². The molecule has 0 bridgehead atoms. The van der Waals surface area contributed by atoms with Crippen molar-refractivity contribution in [3.05, 3.63) is 52.7 Å². The fraction of sp³-hybridized carbons (Fsp3) is 0.333. The molecule has 0 amide bonds. The number of benzene rings is 1. The highest BCUT2D eigenvalue weighted by Crippen LogP contribution is 2.22. The van der Waals surface area contributed by atoms with Crippen molar-refractivity contribution in [1.82, 2.24) is 5.32 Å². The van der Waals surface area contributed by atoms with E-state index in [2.05, 4.69) is 12.2 Å². The Morgan fingerprint density at radius 3 is 2.95 bits per heavy atom. The van der Waals surface area contributed by atoms with E-state index in [-0.39, 0.29) is 11.6 Å². The maximum absolute atomic E-state index is 13.0. The molecule has 2 rings (SSSR count). The van der Waals surface area contributed by atoms with Gasteiger partial charge in [-0.2, -0.15) is 0 Å². The maximum Gasteiger partial charge on any atom is 0.146 e. The first-order valence-corrected chi connectivity index (χ1v) is 6.91. The third-order valence-corrected chi connectivity index (χ3v) is 3.03. The molecule has 0 radical (unpaired) electrons. The molecule has 0 atom stereocenters. The predicted octanol–water partition coefficient (Wildman–Crippen LogP) is 4.15. The fourth-order valence-electron chi connectivity index (χ4n) is 1.73. The molecule has 1 heterocycles. The van der Waals surface area contributed by atoms with Gasteiger partial charge in [-0.25, -0.2) is 4.39 Å². The van der Waals surface area contributed by atoms with Crippen molar-refractivity contribution in [3.8, 4) is 5.75 Å². The first-order chi connectivity index (χ1) is 9.69. The number of ether oxygens (including phenoxy) is 1. The van der Waals surface area contributed by atoms with Gasteiger partial charge in [0.25, 0.3) is 0 Å². The van der Waals surface area contributed by atoms with E-state index in [0.717, 1.165) is 30.8 Å². The van der Waals surface area contributed by atoms with Crippen LogP contribution in [0.25, 0.3) is 0 Å². The Hall–Kier alpha value is -1.52. The molecular weight excluding hydrogens is 281 g/mol. The Kier molecular flexibility index (Phi) is 5.44. The van der Waals surface area contributed by atoms with E-state index in [1.807, 2.05) is 6.07 Å². The van der Waals surface area contributed by atoms with E-state index in [0.29, 0.717) is 5.75 Å². The van der Waals surface area contributed by atoms with Crippen molar-refractivity contribution in [2.24, 2.45) is 0 Å². The molecule has 0 fully saturated rings. The second kappa shape index (κ2) is 7.31. The zero-order valence-electron chi connectivity index (χ0n) is 11.3. The molecule has 1 N–H and O–H groups in total. The predicted molar refractivity (Wildman–Crippen MR) is 76.4 cm³/mol. The topological polar surface area (TPSA) is 34.4 Å². The minimum absolute atomic E-state index is 0.0476. The summed E-state index contributed by atoms with van der Waals surface area (Å²) >= 11 is 5.68. The highest BCUT2D eigenvalue weighted by molar-refractivity contribution is 6.30. The van der Waals surface area contributed by atoms with Crippen LogP contribution in [0.5, 0.6) is 5.75 Å². The highest BCUT2D eigenvalue weighted by Gasteiger charge is 2.05. The lowest BCUT2D eigenvalue weighted by molar-refractivity contribution is 0.270. The summed E-state index contributed by atoms with van der Waals surface area (Å²) in [5.74, 6) is 0.776.